The lowest BCUT2D eigenvalue weighted by atomic mass is 9.88. The summed E-state index contributed by atoms with van der Waals surface area (Å²) in [7, 11) is 0. The Balaban J connectivity index is 1.92. The number of aryl methyl sites for hydroxylation is 1. The van der Waals surface area contributed by atoms with Gasteiger partial charge in [0.05, 0.1) is 0 Å². The number of hydrogen-bond acceptors (Lipinski definition) is 1. The minimum absolute atomic E-state index is 0.206. The predicted molar refractivity (Wildman–Crippen MR) is 83.8 cm³/mol. The summed E-state index contributed by atoms with van der Waals surface area (Å²) in [6.45, 7) is 0. The van der Waals surface area contributed by atoms with Crippen LogP contribution in [0.1, 0.15) is 44.1 Å². The minimum Gasteiger partial charge on any atom is -0.326 e. The lowest BCUT2D eigenvalue weighted by Gasteiger charge is -2.20. The maximum Gasteiger partial charge on any atom is 0.227 e. The predicted octanol–water partition coefficient (Wildman–Crippen LogP) is 4.53. The largest absolute Gasteiger partial charge is 0.326 e. The van der Waals surface area contributed by atoms with Crippen molar-refractivity contribution in [1.29, 1.82) is 0 Å². The van der Waals surface area contributed by atoms with Crippen LogP contribution >= 0.6 is 15.9 Å². The second-order valence-electron chi connectivity index (χ2n) is 5.32. The molecule has 3 heteroatoms. The van der Waals surface area contributed by atoms with Crippen molar-refractivity contribution in [2.75, 3.05) is 10.6 Å². The molecule has 1 aromatic rings. The van der Waals surface area contributed by atoms with Gasteiger partial charge in [-0.25, -0.2) is 0 Å². The molecule has 0 radical (unpaired) electrons. The van der Waals surface area contributed by atoms with E-state index in [1.54, 1.807) is 0 Å². The monoisotopic (exact) mass is 323 g/mol. The van der Waals surface area contributed by atoms with E-state index in [4.69, 9.17) is 0 Å². The van der Waals surface area contributed by atoms with Crippen LogP contribution in [0.4, 0.5) is 5.69 Å². The molecule has 104 valence electrons. The molecule has 0 heterocycles. The number of amides is 1. The molecule has 1 aliphatic carbocycles. The molecule has 0 unspecified atom stereocenters. The van der Waals surface area contributed by atoms with Crippen molar-refractivity contribution in [2.45, 2.75) is 44.9 Å². The lowest BCUT2D eigenvalue weighted by molar-refractivity contribution is -0.120. The third-order valence-electron chi connectivity index (χ3n) is 3.77. The number of alkyl halides is 1. The van der Waals surface area contributed by atoms with Crippen LogP contribution in [0.15, 0.2) is 24.3 Å². The van der Waals surface area contributed by atoms with Gasteiger partial charge in [-0.1, -0.05) is 47.3 Å². The molecule has 1 fully saturated rings. The fourth-order valence-electron chi connectivity index (χ4n) is 2.68. The summed E-state index contributed by atoms with van der Waals surface area (Å²) in [5.74, 6) is 0.428. The lowest BCUT2D eigenvalue weighted by Crippen LogP contribution is -2.24. The van der Waals surface area contributed by atoms with Gasteiger partial charge in [0.15, 0.2) is 0 Å². The topological polar surface area (TPSA) is 29.1 Å². The van der Waals surface area contributed by atoms with E-state index >= 15 is 0 Å². The van der Waals surface area contributed by atoms with Gasteiger partial charge in [0.2, 0.25) is 5.91 Å². The second-order valence-corrected chi connectivity index (χ2v) is 6.11. The summed E-state index contributed by atoms with van der Waals surface area (Å²) >= 11 is 3.45. The number of benzene rings is 1. The molecule has 2 rings (SSSR count). The van der Waals surface area contributed by atoms with Crippen LogP contribution in [0.3, 0.4) is 0 Å². The van der Waals surface area contributed by atoms with E-state index in [-0.39, 0.29) is 11.8 Å². The minimum atomic E-state index is 0.206. The molecule has 0 saturated heterocycles. The van der Waals surface area contributed by atoms with Crippen molar-refractivity contribution >= 4 is 27.5 Å². The molecule has 0 spiro atoms. The number of anilines is 1. The van der Waals surface area contributed by atoms with Crippen LogP contribution in [-0.2, 0) is 11.2 Å². The van der Waals surface area contributed by atoms with E-state index in [2.05, 4.69) is 33.4 Å². The Morgan fingerprint density at radius 2 is 2.05 bits per heavy atom. The van der Waals surface area contributed by atoms with Crippen LogP contribution in [0.25, 0.3) is 0 Å². The fourth-order valence-corrected chi connectivity index (χ4v) is 2.96. The molecule has 1 N–H and O–H groups in total. The molecule has 0 aliphatic heterocycles. The Bertz CT molecular complexity index is 413. The normalized spacial score (nSPS) is 16.3. The van der Waals surface area contributed by atoms with E-state index < -0.39 is 0 Å². The highest BCUT2D eigenvalue weighted by Gasteiger charge is 2.20. The molecule has 1 aromatic carbocycles. The summed E-state index contributed by atoms with van der Waals surface area (Å²) in [5, 5.41) is 4.10. The van der Waals surface area contributed by atoms with Crippen molar-refractivity contribution in [2.24, 2.45) is 5.92 Å². The van der Waals surface area contributed by atoms with Gasteiger partial charge in [-0.05, 0) is 43.4 Å². The average molecular weight is 324 g/mol. The number of hydrogen-bond donors (Lipinski definition) is 1. The van der Waals surface area contributed by atoms with Crippen LogP contribution in [0.5, 0.6) is 0 Å². The van der Waals surface area contributed by atoms with Gasteiger partial charge in [-0.2, -0.15) is 0 Å². The van der Waals surface area contributed by atoms with E-state index in [0.29, 0.717) is 0 Å². The zero-order valence-electron chi connectivity index (χ0n) is 11.3. The van der Waals surface area contributed by atoms with E-state index in [1.165, 1.54) is 24.8 Å². The Hall–Kier alpha value is -0.830. The van der Waals surface area contributed by atoms with Crippen molar-refractivity contribution in [1.82, 2.24) is 0 Å². The van der Waals surface area contributed by atoms with Gasteiger partial charge < -0.3 is 5.32 Å². The van der Waals surface area contributed by atoms with Gasteiger partial charge in [-0.15, -0.1) is 0 Å². The Morgan fingerprint density at radius 3 is 2.79 bits per heavy atom. The van der Waals surface area contributed by atoms with E-state index in [1.807, 2.05) is 12.1 Å². The zero-order chi connectivity index (χ0) is 13.5. The Morgan fingerprint density at radius 1 is 1.26 bits per heavy atom. The molecule has 19 heavy (non-hydrogen) atoms. The first-order valence-corrected chi connectivity index (χ1v) is 8.37. The Kier molecular flexibility index (Phi) is 5.90. The number of nitrogens with one attached hydrogen (secondary N) is 1. The number of halogens is 1. The Labute approximate surface area is 124 Å². The van der Waals surface area contributed by atoms with Gasteiger partial charge in [0.1, 0.15) is 0 Å². The number of carbonyl (C=O) groups excluding carboxylic acids is 1. The maximum absolute atomic E-state index is 12.2. The van der Waals surface area contributed by atoms with Crippen molar-refractivity contribution in [3.05, 3.63) is 29.8 Å². The smallest absolute Gasteiger partial charge is 0.227 e. The highest BCUT2D eigenvalue weighted by Crippen LogP contribution is 2.25. The van der Waals surface area contributed by atoms with Crippen LogP contribution < -0.4 is 5.32 Å². The third kappa shape index (κ3) is 4.64. The molecular formula is C16H22BrNO. The molecular weight excluding hydrogens is 302 g/mol. The van der Waals surface area contributed by atoms with Crippen LogP contribution in [-0.4, -0.2) is 11.2 Å². The molecule has 1 aliphatic rings. The van der Waals surface area contributed by atoms with E-state index in [9.17, 15) is 4.79 Å². The first-order valence-electron chi connectivity index (χ1n) is 7.25. The van der Waals surface area contributed by atoms with Gasteiger partial charge in [0.25, 0.3) is 0 Å². The molecule has 0 atom stereocenters. The quantitative estimate of drug-likeness (QED) is 0.792. The summed E-state index contributed by atoms with van der Waals surface area (Å²) in [4.78, 5) is 12.2. The highest BCUT2D eigenvalue weighted by molar-refractivity contribution is 9.09. The standard InChI is InChI=1S/C16H22BrNO/c17-11-5-7-13-6-4-10-15(12-13)18-16(19)14-8-2-1-3-9-14/h4,6,10,12,14H,1-3,5,7-9,11H2,(H,18,19). The molecule has 1 amide bonds. The first kappa shape index (κ1) is 14.6. The molecule has 2 nitrogen and oxygen atoms in total. The van der Waals surface area contributed by atoms with Gasteiger partial charge in [-0.3, -0.25) is 4.79 Å². The summed E-state index contributed by atoms with van der Waals surface area (Å²) in [6, 6.07) is 8.24. The van der Waals surface area contributed by atoms with Gasteiger partial charge in [0, 0.05) is 16.9 Å². The van der Waals surface area contributed by atoms with Crippen LogP contribution in [0, 0.1) is 5.92 Å². The zero-order valence-corrected chi connectivity index (χ0v) is 12.9. The number of carbonyl (C=O) groups is 1. The SMILES string of the molecule is O=C(Nc1cccc(CCCBr)c1)C1CCCCC1. The van der Waals surface area contributed by atoms with Crippen molar-refractivity contribution in [3.8, 4) is 0 Å². The number of rotatable bonds is 5. The summed E-state index contributed by atoms with van der Waals surface area (Å²) in [5.41, 5.74) is 2.24. The van der Waals surface area contributed by atoms with E-state index in [0.717, 1.165) is 36.7 Å². The summed E-state index contributed by atoms with van der Waals surface area (Å²) < 4.78 is 0. The van der Waals surface area contributed by atoms with Crippen LogP contribution in [0.2, 0.25) is 0 Å². The highest BCUT2D eigenvalue weighted by atomic mass is 79.9. The molecule has 0 aromatic heterocycles. The second kappa shape index (κ2) is 7.68. The van der Waals surface area contributed by atoms with Gasteiger partial charge >= 0.3 is 0 Å². The average Bonchev–Trinajstić information content (AvgIpc) is 2.46. The fraction of sp³-hybridized carbons (Fsp3) is 0.562. The first-order chi connectivity index (χ1) is 9.29. The molecule has 1 saturated carbocycles. The van der Waals surface area contributed by atoms with Crippen molar-refractivity contribution < 1.29 is 4.79 Å². The maximum atomic E-state index is 12.2. The molecule has 0 bridgehead atoms. The summed E-state index contributed by atoms with van der Waals surface area (Å²) in [6.07, 6.45) is 7.96. The van der Waals surface area contributed by atoms with Crippen molar-refractivity contribution in [3.63, 3.8) is 0 Å². The third-order valence-corrected chi connectivity index (χ3v) is 4.33.